The molecule has 0 radical (unpaired) electrons. The van der Waals surface area contributed by atoms with Crippen LogP contribution >= 0.6 is 0 Å². The molecule has 0 aliphatic rings. The number of hydrogen-bond donors (Lipinski definition) is 1. The van der Waals surface area contributed by atoms with Crippen molar-refractivity contribution in [2.24, 2.45) is 0 Å². The molecule has 1 N–H and O–H groups in total. The van der Waals surface area contributed by atoms with E-state index in [-0.39, 0.29) is 25.6 Å². The Labute approximate surface area is 99.9 Å². The van der Waals surface area contributed by atoms with Crippen LogP contribution in [0.25, 0.3) is 0 Å². The van der Waals surface area contributed by atoms with Gasteiger partial charge >= 0.3 is 5.97 Å². The summed E-state index contributed by atoms with van der Waals surface area (Å²) in [6.07, 6.45) is 0.174. The Hall–Kier alpha value is -1.75. The van der Waals surface area contributed by atoms with Crippen LogP contribution in [0.3, 0.4) is 0 Å². The molecule has 0 amide bonds. The second kappa shape index (κ2) is 6.75. The van der Waals surface area contributed by atoms with E-state index in [9.17, 15) is 4.79 Å². The summed E-state index contributed by atoms with van der Waals surface area (Å²) in [5.74, 6) is 0.857. The normalized spacial score (nSPS) is 9.82. The predicted molar refractivity (Wildman–Crippen MR) is 61.0 cm³/mol. The number of carbonyl (C=O) groups is 1. The number of carbonyl (C=O) groups excluding carboxylic acids is 1. The third kappa shape index (κ3) is 3.96. The van der Waals surface area contributed by atoms with Crippen molar-refractivity contribution in [3.8, 4) is 11.5 Å². The molecule has 0 saturated heterocycles. The van der Waals surface area contributed by atoms with Gasteiger partial charge in [-0.15, -0.1) is 0 Å². The van der Waals surface area contributed by atoms with Crippen molar-refractivity contribution in [3.63, 3.8) is 0 Å². The Kier molecular flexibility index (Phi) is 5.29. The molecule has 17 heavy (non-hydrogen) atoms. The average Bonchev–Trinajstić information content (AvgIpc) is 2.38. The summed E-state index contributed by atoms with van der Waals surface area (Å²) in [6.45, 7) is 0.0662. The van der Waals surface area contributed by atoms with Gasteiger partial charge in [0.2, 0.25) is 0 Å². The highest BCUT2D eigenvalue weighted by atomic mass is 16.5. The van der Waals surface area contributed by atoms with E-state index in [1.54, 1.807) is 25.3 Å². The SMILES string of the molecule is COC(=O)CCOc1ccc(OC)cc1CO. The van der Waals surface area contributed by atoms with Crippen LogP contribution in [0, 0.1) is 0 Å². The van der Waals surface area contributed by atoms with Gasteiger partial charge in [-0.3, -0.25) is 4.79 Å². The molecule has 0 bridgehead atoms. The number of esters is 1. The molecule has 94 valence electrons. The van der Waals surface area contributed by atoms with Crippen LogP contribution in [0.1, 0.15) is 12.0 Å². The van der Waals surface area contributed by atoms with E-state index in [1.165, 1.54) is 7.11 Å². The van der Waals surface area contributed by atoms with Gasteiger partial charge in [0.05, 0.1) is 33.9 Å². The van der Waals surface area contributed by atoms with E-state index in [0.717, 1.165) is 0 Å². The van der Waals surface area contributed by atoms with Crippen LogP contribution in [0.15, 0.2) is 18.2 Å². The van der Waals surface area contributed by atoms with Crippen molar-refractivity contribution in [1.82, 2.24) is 0 Å². The molecule has 0 aromatic heterocycles. The summed E-state index contributed by atoms with van der Waals surface area (Å²) < 4.78 is 14.9. The number of ether oxygens (including phenoxy) is 3. The Bertz CT molecular complexity index is 375. The Morgan fingerprint density at radius 2 is 2.12 bits per heavy atom. The zero-order chi connectivity index (χ0) is 12.7. The maximum atomic E-state index is 10.9. The quantitative estimate of drug-likeness (QED) is 0.755. The Balaban J connectivity index is 2.61. The van der Waals surface area contributed by atoms with E-state index in [4.69, 9.17) is 14.6 Å². The van der Waals surface area contributed by atoms with Crippen LogP contribution in [0.2, 0.25) is 0 Å². The minimum atomic E-state index is -0.330. The van der Waals surface area contributed by atoms with Crippen LogP contribution < -0.4 is 9.47 Å². The fraction of sp³-hybridized carbons (Fsp3) is 0.417. The molecule has 0 heterocycles. The summed E-state index contributed by atoms with van der Waals surface area (Å²) >= 11 is 0. The fourth-order valence-corrected chi connectivity index (χ4v) is 1.29. The molecule has 0 spiro atoms. The van der Waals surface area contributed by atoms with Gasteiger partial charge in [0.1, 0.15) is 11.5 Å². The Morgan fingerprint density at radius 3 is 2.71 bits per heavy atom. The smallest absolute Gasteiger partial charge is 0.308 e. The number of hydrogen-bond acceptors (Lipinski definition) is 5. The zero-order valence-electron chi connectivity index (χ0n) is 9.93. The lowest BCUT2D eigenvalue weighted by molar-refractivity contribution is -0.141. The average molecular weight is 240 g/mol. The lowest BCUT2D eigenvalue weighted by Gasteiger charge is -2.10. The summed E-state index contributed by atoms with van der Waals surface area (Å²) in [5, 5.41) is 9.17. The van der Waals surface area contributed by atoms with E-state index in [0.29, 0.717) is 17.1 Å². The maximum absolute atomic E-state index is 10.9. The van der Waals surface area contributed by atoms with Crippen molar-refractivity contribution < 1.29 is 24.1 Å². The zero-order valence-corrected chi connectivity index (χ0v) is 9.93. The summed E-state index contributed by atoms with van der Waals surface area (Å²) in [5.41, 5.74) is 0.620. The van der Waals surface area contributed by atoms with Crippen LogP contribution in [0.4, 0.5) is 0 Å². The molecule has 0 fully saturated rings. The number of benzene rings is 1. The van der Waals surface area contributed by atoms with Gasteiger partial charge in [-0.25, -0.2) is 0 Å². The molecule has 1 aromatic rings. The van der Waals surface area contributed by atoms with Gasteiger partial charge in [0.25, 0.3) is 0 Å². The van der Waals surface area contributed by atoms with Crippen molar-refractivity contribution in [2.75, 3.05) is 20.8 Å². The van der Waals surface area contributed by atoms with Crippen LogP contribution in [-0.2, 0) is 16.1 Å². The van der Waals surface area contributed by atoms with Gasteiger partial charge in [-0.05, 0) is 18.2 Å². The highest BCUT2D eigenvalue weighted by molar-refractivity contribution is 5.69. The molecule has 0 aliphatic carbocycles. The summed E-state index contributed by atoms with van der Waals surface area (Å²) in [6, 6.07) is 5.11. The minimum absolute atomic E-state index is 0.148. The molecule has 1 rings (SSSR count). The topological polar surface area (TPSA) is 65.0 Å². The van der Waals surface area contributed by atoms with E-state index >= 15 is 0 Å². The molecule has 1 aromatic carbocycles. The molecule has 0 aliphatic heterocycles. The van der Waals surface area contributed by atoms with Crippen molar-refractivity contribution >= 4 is 5.97 Å². The first-order valence-corrected chi connectivity index (χ1v) is 5.18. The van der Waals surface area contributed by atoms with Gasteiger partial charge in [-0.1, -0.05) is 0 Å². The number of methoxy groups -OCH3 is 2. The Morgan fingerprint density at radius 1 is 1.35 bits per heavy atom. The predicted octanol–water partition coefficient (Wildman–Crippen LogP) is 1.13. The van der Waals surface area contributed by atoms with Crippen molar-refractivity contribution in [3.05, 3.63) is 23.8 Å². The first-order chi connectivity index (χ1) is 8.21. The monoisotopic (exact) mass is 240 g/mol. The molecular weight excluding hydrogens is 224 g/mol. The molecule has 0 unspecified atom stereocenters. The van der Waals surface area contributed by atoms with E-state index in [1.807, 2.05) is 0 Å². The van der Waals surface area contributed by atoms with Crippen molar-refractivity contribution in [2.45, 2.75) is 13.0 Å². The third-order valence-electron chi connectivity index (χ3n) is 2.23. The summed E-state index contributed by atoms with van der Waals surface area (Å²) in [7, 11) is 2.88. The van der Waals surface area contributed by atoms with Gasteiger partial charge < -0.3 is 19.3 Å². The lowest BCUT2D eigenvalue weighted by Crippen LogP contribution is -2.08. The first-order valence-electron chi connectivity index (χ1n) is 5.18. The lowest BCUT2D eigenvalue weighted by atomic mass is 10.2. The summed E-state index contributed by atoms with van der Waals surface area (Å²) in [4.78, 5) is 10.9. The highest BCUT2D eigenvalue weighted by Crippen LogP contribution is 2.24. The molecule has 0 atom stereocenters. The fourth-order valence-electron chi connectivity index (χ4n) is 1.29. The highest BCUT2D eigenvalue weighted by Gasteiger charge is 2.06. The van der Waals surface area contributed by atoms with E-state index < -0.39 is 0 Å². The molecule has 0 saturated carbocycles. The second-order valence-corrected chi connectivity index (χ2v) is 3.31. The molecule has 5 heteroatoms. The van der Waals surface area contributed by atoms with Crippen LogP contribution in [-0.4, -0.2) is 31.9 Å². The largest absolute Gasteiger partial charge is 0.497 e. The molecule has 5 nitrogen and oxygen atoms in total. The van der Waals surface area contributed by atoms with E-state index in [2.05, 4.69) is 4.74 Å². The van der Waals surface area contributed by atoms with Gasteiger partial charge in [0, 0.05) is 5.56 Å². The van der Waals surface area contributed by atoms with Crippen molar-refractivity contribution in [1.29, 1.82) is 0 Å². The third-order valence-corrected chi connectivity index (χ3v) is 2.23. The number of rotatable bonds is 6. The minimum Gasteiger partial charge on any atom is -0.497 e. The molecular formula is C12H16O5. The maximum Gasteiger partial charge on any atom is 0.308 e. The number of aliphatic hydroxyl groups excluding tert-OH is 1. The van der Waals surface area contributed by atoms with Crippen LogP contribution in [0.5, 0.6) is 11.5 Å². The first kappa shape index (κ1) is 13.3. The number of aliphatic hydroxyl groups is 1. The van der Waals surface area contributed by atoms with Gasteiger partial charge in [-0.2, -0.15) is 0 Å². The van der Waals surface area contributed by atoms with Gasteiger partial charge in [0.15, 0.2) is 0 Å². The second-order valence-electron chi connectivity index (χ2n) is 3.31. The standard InChI is InChI=1S/C12H16O5/c1-15-10-3-4-11(9(7-10)8-13)17-6-5-12(14)16-2/h3-4,7,13H,5-6,8H2,1-2H3.